The van der Waals surface area contributed by atoms with Gasteiger partial charge in [-0.15, -0.1) is 0 Å². The van der Waals surface area contributed by atoms with Gasteiger partial charge in [-0.2, -0.15) is 5.26 Å². The first-order valence-corrected chi connectivity index (χ1v) is 11.5. The number of ether oxygens (including phenoxy) is 3. The van der Waals surface area contributed by atoms with Gasteiger partial charge in [0.15, 0.2) is 23.2 Å². The summed E-state index contributed by atoms with van der Waals surface area (Å²) in [6, 6.07) is 15.5. The zero-order valence-corrected chi connectivity index (χ0v) is 19.2. The highest BCUT2D eigenvalue weighted by atomic mass is 16.7. The zero-order chi connectivity index (χ0) is 24.2. The average Bonchev–Trinajstić information content (AvgIpc) is 3.36. The van der Waals surface area contributed by atoms with Crippen molar-refractivity contribution in [1.29, 1.82) is 5.26 Å². The van der Waals surface area contributed by atoms with Crippen molar-refractivity contribution in [2.24, 2.45) is 0 Å². The molecule has 35 heavy (non-hydrogen) atoms. The van der Waals surface area contributed by atoms with E-state index in [9.17, 15) is 10.1 Å². The van der Waals surface area contributed by atoms with Gasteiger partial charge in [0.2, 0.25) is 6.79 Å². The molecule has 0 saturated carbocycles. The van der Waals surface area contributed by atoms with Crippen LogP contribution in [0.3, 0.4) is 0 Å². The van der Waals surface area contributed by atoms with Crippen LogP contribution in [0.1, 0.15) is 17.2 Å². The summed E-state index contributed by atoms with van der Waals surface area (Å²) in [7, 11) is 0. The maximum absolute atomic E-state index is 12.6. The van der Waals surface area contributed by atoms with Crippen LogP contribution >= 0.6 is 0 Å². The SMILES string of the molecule is C=CCOC(=O)[C@H](C#N)c1nc2ccccc2nc1N1CCN(Cc2ccc3c(c2)OCO3)CC1. The minimum absolute atomic E-state index is 0.0336. The van der Waals surface area contributed by atoms with Gasteiger partial charge in [0.1, 0.15) is 12.3 Å². The van der Waals surface area contributed by atoms with Gasteiger partial charge in [0, 0.05) is 32.7 Å². The Hall–Kier alpha value is -4.16. The number of benzene rings is 2. The van der Waals surface area contributed by atoms with Gasteiger partial charge in [-0.3, -0.25) is 9.69 Å². The molecule has 3 heterocycles. The van der Waals surface area contributed by atoms with Gasteiger partial charge in [0.25, 0.3) is 0 Å². The minimum Gasteiger partial charge on any atom is -0.460 e. The van der Waals surface area contributed by atoms with Gasteiger partial charge in [-0.05, 0) is 29.8 Å². The Balaban J connectivity index is 1.36. The van der Waals surface area contributed by atoms with Crippen molar-refractivity contribution in [1.82, 2.24) is 14.9 Å². The van der Waals surface area contributed by atoms with Crippen LogP contribution in [0.4, 0.5) is 5.82 Å². The second-order valence-corrected chi connectivity index (χ2v) is 8.35. The number of piperazine rings is 1. The first kappa shape index (κ1) is 22.6. The standard InChI is InChI=1S/C26H25N5O4/c1-2-13-33-26(32)19(15-27)24-25(29-21-6-4-3-5-20(21)28-24)31-11-9-30(10-12-31)16-18-7-8-22-23(14-18)35-17-34-22/h2-8,14,19H,1,9-13,16-17H2/t19-/m1/s1. The van der Waals surface area contributed by atoms with Crippen LogP contribution in [-0.4, -0.2) is 60.4 Å². The number of anilines is 1. The molecule has 1 saturated heterocycles. The second kappa shape index (κ2) is 9.99. The molecule has 1 fully saturated rings. The van der Waals surface area contributed by atoms with Crippen molar-refractivity contribution in [3.63, 3.8) is 0 Å². The normalized spacial score (nSPS) is 16.0. The fraction of sp³-hybridized carbons (Fsp3) is 0.308. The van der Waals surface area contributed by atoms with Crippen LogP contribution in [0.2, 0.25) is 0 Å². The Morgan fingerprint density at radius 1 is 1.11 bits per heavy atom. The van der Waals surface area contributed by atoms with Gasteiger partial charge < -0.3 is 19.1 Å². The number of para-hydroxylation sites is 2. The topological polar surface area (TPSA) is 101 Å². The quantitative estimate of drug-likeness (QED) is 0.380. The van der Waals surface area contributed by atoms with Crippen LogP contribution in [0, 0.1) is 11.3 Å². The summed E-state index contributed by atoms with van der Waals surface area (Å²) < 4.78 is 16.1. The molecule has 0 amide bonds. The third-order valence-electron chi connectivity index (χ3n) is 6.07. The molecule has 2 aromatic carbocycles. The molecule has 1 aromatic heterocycles. The summed E-state index contributed by atoms with van der Waals surface area (Å²) in [5, 5.41) is 9.83. The summed E-state index contributed by atoms with van der Waals surface area (Å²) in [5.41, 5.74) is 2.82. The number of hydrogen-bond donors (Lipinski definition) is 0. The van der Waals surface area contributed by atoms with E-state index >= 15 is 0 Å². The fourth-order valence-corrected chi connectivity index (χ4v) is 4.30. The Kier molecular flexibility index (Phi) is 6.46. The van der Waals surface area contributed by atoms with Crippen molar-refractivity contribution in [3.05, 3.63) is 66.4 Å². The van der Waals surface area contributed by atoms with Crippen molar-refractivity contribution in [2.45, 2.75) is 12.5 Å². The largest absolute Gasteiger partial charge is 0.460 e. The molecule has 0 spiro atoms. The molecule has 0 N–H and O–H groups in total. The lowest BCUT2D eigenvalue weighted by atomic mass is 10.1. The molecule has 0 aliphatic carbocycles. The summed E-state index contributed by atoms with van der Waals surface area (Å²) in [4.78, 5) is 26.6. The van der Waals surface area contributed by atoms with Crippen molar-refractivity contribution in [2.75, 3.05) is 44.5 Å². The molecular weight excluding hydrogens is 446 g/mol. The van der Waals surface area contributed by atoms with Gasteiger partial charge in [-0.25, -0.2) is 9.97 Å². The van der Waals surface area contributed by atoms with Gasteiger partial charge >= 0.3 is 5.97 Å². The molecule has 9 nitrogen and oxygen atoms in total. The third kappa shape index (κ3) is 4.74. The highest BCUT2D eigenvalue weighted by Crippen LogP contribution is 2.33. The number of rotatable bonds is 7. The van der Waals surface area contributed by atoms with E-state index < -0.39 is 11.9 Å². The lowest BCUT2D eigenvalue weighted by Gasteiger charge is -2.36. The van der Waals surface area contributed by atoms with Crippen LogP contribution in [0.15, 0.2) is 55.1 Å². The van der Waals surface area contributed by atoms with E-state index in [2.05, 4.69) is 33.5 Å². The molecule has 0 radical (unpaired) electrons. The molecule has 9 heteroatoms. The van der Waals surface area contributed by atoms with Crippen molar-refractivity contribution < 1.29 is 19.0 Å². The highest BCUT2D eigenvalue weighted by Gasteiger charge is 2.31. The molecule has 0 bridgehead atoms. The molecule has 3 aromatic rings. The number of fused-ring (bicyclic) bond motifs is 2. The molecule has 178 valence electrons. The van der Waals surface area contributed by atoms with Crippen LogP contribution in [0.5, 0.6) is 11.5 Å². The summed E-state index contributed by atoms with van der Waals surface area (Å²) in [5.74, 6) is 0.282. The Morgan fingerprint density at radius 2 is 1.86 bits per heavy atom. The minimum atomic E-state index is -1.17. The van der Waals surface area contributed by atoms with Crippen LogP contribution in [-0.2, 0) is 16.1 Å². The van der Waals surface area contributed by atoms with Crippen LogP contribution in [0.25, 0.3) is 11.0 Å². The highest BCUT2D eigenvalue weighted by molar-refractivity contribution is 5.85. The molecule has 2 aliphatic heterocycles. The molecule has 1 atom stereocenters. The van der Waals surface area contributed by atoms with E-state index in [1.165, 1.54) is 6.08 Å². The van der Waals surface area contributed by atoms with Crippen molar-refractivity contribution >= 4 is 22.8 Å². The predicted octanol–water partition coefficient (Wildman–Crippen LogP) is 3.02. The fourth-order valence-electron chi connectivity index (χ4n) is 4.30. The van der Waals surface area contributed by atoms with Crippen molar-refractivity contribution in [3.8, 4) is 17.6 Å². The van der Waals surface area contributed by atoms with E-state index in [0.717, 1.165) is 36.7 Å². The molecule has 2 aliphatic rings. The summed E-state index contributed by atoms with van der Waals surface area (Å²) >= 11 is 0. The third-order valence-corrected chi connectivity index (χ3v) is 6.07. The summed E-state index contributed by atoms with van der Waals surface area (Å²) in [6.45, 7) is 7.60. The lowest BCUT2D eigenvalue weighted by molar-refractivity contribution is -0.142. The van der Waals surface area contributed by atoms with Crippen LogP contribution < -0.4 is 14.4 Å². The number of hydrogen-bond acceptors (Lipinski definition) is 9. The molecule has 0 unspecified atom stereocenters. The first-order chi connectivity index (χ1) is 17.2. The first-order valence-electron chi connectivity index (χ1n) is 11.5. The van der Waals surface area contributed by atoms with E-state index in [1.54, 1.807) is 0 Å². The number of esters is 1. The van der Waals surface area contributed by atoms with E-state index in [-0.39, 0.29) is 13.4 Å². The van der Waals surface area contributed by atoms with E-state index in [1.807, 2.05) is 36.4 Å². The maximum atomic E-state index is 12.6. The lowest BCUT2D eigenvalue weighted by Crippen LogP contribution is -2.46. The van der Waals surface area contributed by atoms with Gasteiger partial charge in [0.05, 0.1) is 17.1 Å². The Morgan fingerprint density at radius 3 is 2.60 bits per heavy atom. The predicted molar refractivity (Wildman–Crippen MR) is 129 cm³/mol. The molecule has 5 rings (SSSR count). The number of nitrogens with zero attached hydrogens (tertiary/aromatic N) is 5. The molecular formula is C26H25N5O4. The number of carbonyl (C=O) groups excluding carboxylic acids is 1. The Bertz CT molecular complexity index is 1300. The van der Waals surface area contributed by atoms with E-state index in [0.29, 0.717) is 35.6 Å². The second-order valence-electron chi connectivity index (χ2n) is 8.35. The monoisotopic (exact) mass is 471 g/mol. The maximum Gasteiger partial charge on any atom is 0.330 e. The number of nitriles is 1. The Labute approximate surface area is 203 Å². The van der Waals surface area contributed by atoms with E-state index in [4.69, 9.17) is 19.2 Å². The van der Waals surface area contributed by atoms with Gasteiger partial charge in [-0.1, -0.05) is 30.9 Å². The number of aromatic nitrogens is 2. The summed E-state index contributed by atoms with van der Waals surface area (Å²) in [6.07, 6.45) is 1.47. The number of carbonyl (C=O) groups is 1. The smallest absolute Gasteiger partial charge is 0.330 e. The zero-order valence-electron chi connectivity index (χ0n) is 19.2. The average molecular weight is 472 g/mol.